The van der Waals surface area contributed by atoms with E-state index in [1.807, 2.05) is 0 Å². The summed E-state index contributed by atoms with van der Waals surface area (Å²) in [6.07, 6.45) is 0. The van der Waals surface area contributed by atoms with Gasteiger partial charge in [0.1, 0.15) is 11.6 Å². The molecule has 0 unspecified atom stereocenters. The number of nitrogens with zero attached hydrogens (tertiary/aromatic N) is 1. The maximum atomic E-state index is 13.4. The molecule has 2 aromatic carbocycles. The van der Waals surface area contributed by atoms with Crippen LogP contribution in [0.4, 0.5) is 19.6 Å². The average molecular weight is 276 g/mol. The zero-order valence-electron chi connectivity index (χ0n) is 10.1. The van der Waals surface area contributed by atoms with E-state index in [9.17, 15) is 8.78 Å². The lowest BCUT2D eigenvalue weighted by Gasteiger charge is -2.06. The summed E-state index contributed by atoms with van der Waals surface area (Å²) in [5.74, 6) is -0.554. The van der Waals surface area contributed by atoms with Crippen molar-refractivity contribution in [2.45, 2.75) is 6.92 Å². The molecule has 3 rings (SSSR count). The molecule has 0 atom stereocenters. The van der Waals surface area contributed by atoms with Crippen LogP contribution in [0, 0.1) is 18.6 Å². The van der Waals surface area contributed by atoms with E-state index >= 15 is 0 Å². The van der Waals surface area contributed by atoms with E-state index in [0.717, 1.165) is 10.2 Å². The van der Waals surface area contributed by atoms with Gasteiger partial charge in [0.2, 0.25) is 0 Å². The van der Waals surface area contributed by atoms with Crippen LogP contribution >= 0.6 is 11.3 Å². The molecule has 0 saturated heterocycles. The summed E-state index contributed by atoms with van der Waals surface area (Å²) in [6.45, 7) is 1.70. The van der Waals surface area contributed by atoms with Crippen LogP contribution in [0.25, 0.3) is 10.2 Å². The summed E-state index contributed by atoms with van der Waals surface area (Å²) >= 11 is 1.34. The van der Waals surface area contributed by atoms with Crippen LogP contribution in [-0.2, 0) is 0 Å². The van der Waals surface area contributed by atoms with Gasteiger partial charge in [-0.05, 0) is 37.3 Å². The molecule has 0 spiro atoms. The first-order valence-electron chi connectivity index (χ1n) is 5.72. The van der Waals surface area contributed by atoms with E-state index in [4.69, 9.17) is 0 Å². The van der Waals surface area contributed by atoms with Gasteiger partial charge in [-0.3, -0.25) is 0 Å². The monoisotopic (exact) mass is 276 g/mol. The van der Waals surface area contributed by atoms with Crippen LogP contribution in [0.1, 0.15) is 5.56 Å². The Morgan fingerprint density at radius 3 is 2.84 bits per heavy atom. The third kappa shape index (κ3) is 2.29. The Kier molecular flexibility index (Phi) is 2.91. The van der Waals surface area contributed by atoms with Crippen molar-refractivity contribution in [3.8, 4) is 0 Å². The Morgan fingerprint density at radius 2 is 2.00 bits per heavy atom. The third-order valence-corrected chi connectivity index (χ3v) is 3.79. The standard InChI is InChI=1S/C14H10F2N2S/c1-8-10(16)3-2-4-11(8)17-14-18-12-6-5-9(15)7-13(12)19-14/h2-7H,1H3,(H,17,18). The molecule has 0 radical (unpaired) electrons. The second-order valence-corrected chi connectivity index (χ2v) is 5.20. The lowest BCUT2D eigenvalue weighted by Crippen LogP contribution is -1.94. The highest BCUT2D eigenvalue weighted by Gasteiger charge is 2.08. The quantitative estimate of drug-likeness (QED) is 0.738. The smallest absolute Gasteiger partial charge is 0.188 e. The predicted octanol–water partition coefficient (Wildman–Crippen LogP) is 4.63. The number of rotatable bonds is 2. The highest BCUT2D eigenvalue weighted by Crippen LogP contribution is 2.30. The van der Waals surface area contributed by atoms with Crippen molar-refractivity contribution in [3.63, 3.8) is 0 Å². The Bertz CT molecular complexity index is 752. The minimum Gasteiger partial charge on any atom is -0.331 e. The van der Waals surface area contributed by atoms with Crippen molar-refractivity contribution in [2.24, 2.45) is 0 Å². The summed E-state index contributed by atoms with van der Waals surface area (Å²) in [7, 11) is 0. The van der Waals surface area contributed by atoms with Gasteiger partial charge < -0.3 is 5.32 Å². The van der Waals surface area contributed by atoms with Crippen LogP contribution in [-0.4, -0.2) is 4.98 Å². The molecule has 1 N–H and O–H groups in total. The first-order valence-corrected chi connectivity index (χ1v) is 6.53. The summed E-state index contributed by atoms with van der Waals surface area (Å²) < 4.78 is 27.3. The number of halogens is 2. The summed E-state index contributed by atoms with van der Waals surface area (Å²) in [4.78, 5) is 4.34. The third-order valence-electron chi connectivity index (χ3n) is 2.86. The first-order chi connectivity index (χ1) is 9.13. The van der Waals surface area contributed by atoms with Crippen molar-refractivity contribution in [2.75, 3.05) is 5.32 Å². The maximum Gasteiger partial charge on any atom is 0.188 e. The molecule has 1 heterocycles. The Morgan fingerprint density at radius 1 is 1.16 bits per heavy atom. The zero-order valence-corrected chi connectivity index (χ0v) is 10.9. The molecule has 3 aromatic rings. The number of aromatic nitrogens is 1. The van der Waals surface area contributed by atoms with Crippen LogP contribution in [0.5, 0.6) is 0 Å². The van der Waals surface area contributed by atoms with E-state index in [2.05, 4.69) is 10.3 Å². The highest BCUT2D eigenvalue weighted by molar-refractivity contribution is 7.22. The molecule has 2 nitrogen and oxygen atoms in total. The summed E-state index contributed by atoms with van der Waals surface area (Å²) in [5, 5.41) is 3.69. The van der Waals surface area contributed by atoms with Gasteiger partial charge in [-0.25, -0.2) is 13.8 Å². The molecule has 19 heavy (non-hydrogen) atoms. The number of hydrogen-bond acceptors (Lipinski definition) is 3. The van der Waals surface area contributed by atoms with Crippen molar-refractivity contribution >= 4 is 32.4 Å². The van der Waals surface area contributed by atoms with E-state index in [-0.39, 0.29) is 11.6 Å². The molecule has 0 aliphatic heterocycles. The number of anilines is 2. The second-order valence-electron chi connectivity index (χ2n) is 4.17. The van der Waals surface area contributed by atoms with Crippen molar-refractivity contribution in [1.82, 2.24) is 4.98 Å². The molecule has 0 amide bonds. The number of thiazole rings is 1. The molecule has 96 valence electrons. The summed E-state index contributed by atoms with van der Waals surface area (Å²) in [5.41, 5.74) is 1.93. The number of benzene rings is 2. The van der Waals surface area contributed by atoms with Gasteiger partial charge in [-0.2, -0.15) is 0 Å². The lowest BCUT2D eigenvalue weighted by atomic mass is 10.2. The highest BCUT2D eigenvalue weighted by atomic mass is 32.1. The molecule has 0 aliphatic carbocycles. The predicted molar refractivity (Wildman–Crippen MR) is 74.0 cm³/mol. The second kappa shape index (κ2) is 4.59. The van der Waals surface area contributed by atoms with Gasteiger partial charge in [0.15, 0.2) is 5.13 Å². The SMILES string of the molecule is Cc1c(F)cccc1Nc1nc2ccc(F)cc2s1. The fourth-order valence-corrected chi connectivity index (χ4v) is 2.71. The van der Waals surface area contributed by atoms with Crippen LogP contribution < -0.4 is 5.32 Å². The van der Waals surface area contributed by atoms with E-state index in [1.54, 1.807) is 25.1 Å². The van der Waals surface area contributed by atoms with Gasteiger partial charge in [0.25, 0.3) is 0 Å². The lowest BCUT2D eigenvalue weighted by molar-refractivity contribution is 0.619. The Balaban J connectivity index is 1.99. The van der Waals surface area contributed by atoms with E-state index < -0.39 is 0 Å². The van der Waals surface area contributed by atoms with Crippen molar-refractivity contribution < 1.29 is 8.78 Å². The average Bonchev–Trinajstić information content (AvgIpc) is 2.76. The van der Waals surface area contributed by atoms with Crippen molar-refractivity contribution in [3.05, 3.63) is 53.6 Å². The van der Waals surface area contributed by atoms with E-state index in [1.165, 1.54) is 29.5 Å². The van der Waals surface area contributed by atoms with Crippen LogP contribution in [0.2, 0.25) is 0 Å². The van der Waals surface area contributed by atoms with Crippen molar-refractivity contribution in [1.29, 1.82) is 0 Å². The van der Waals surface area contributed by atoms with Crippen LogP contribution in [0.15, 0.2) is 36.4 Å². The molecule has 0 bridgehead atoms. The minimum absolute atomic E-state index is 0.267. The first kappa shape index (κ1) is 12.0. The Hall–Kier alpha value is -2.01. The largest absolute Gasteiger partial charge is 0.331 e. The van der Waals surface area contributed by atoms with Gasteiger partial charge in [-0.1, -0.05) is 17.4 Å². The maximum absolute atomic E-state index is 13.4. The fourth-order valence-electron chi connectivity index (χ4n) is 1.81. The Labute approximate surface area is 112 Å². The van der Waals surface area contributed by atoms with Crippen LogP contribution in [0.3, 0.4) is 0 Å². The zero-order chi connectivity index (χ0) is 13.4. The number of nitrogens with one attached hydrogen (secondary N) is 1. The van der Waals surface area contributed by atoms with Gasteiger partial charge >= 0.3 is 0 Å². The molecular weight excluding hydrogens is 266 g/mol. The molecule has 0 aliphatic rings. The van der Waals surface area contributed by atoms with Gasteiger partial charge in [0, 0.05) is 11.3 Å². The summed E-state index contributed by atoms with van der Waals surface area (Å²) in [6, 6.07) is 9.28. The fraction of sp³-hybridized carbons (Fsp3) is 0.0714. The topological polar surface area (TPSA) is 24.9 Å². The molecule has 5 heteroatoms. The normalized spacial score (nSPS) is 10.9. The molecular formula is C14H10F2N2S. The number of hydrogen-bond donors (Lipinski definition) is 1. The van der Waals surface area contributed by atoms with Gasteiger partial charge in [0.05, 0.1) is 10.2 Å². The minimum atomic E-state index is -0.287. The molecule has 0 saturated carbocycles. The number of fused-ring (bicyclic) bond motifs is 1. The molecule has 0 fully saturated rings. The molecule has 1 aromatic heterocycles. The van der Waals surface area contributed by atoms with E-state index in [0.29, 0.717) is 16.4 Å². The van der Waals surface area contributed by atoms with Gasteiger partial charge in [-0.15, -0.1) is 0 Å².